The normalized spacial score (nSPS) is 19.4. The molecule has 2 aliphatic rings. The molecule has 0 spiro atoms. The van der Waals surface area contributed by atoms with Crippen molar-refractivity contribution in [1.29, 1.82) is 0 Å². The van der Waals surface area contributed by atoms with E-state index in [2.05, 4.69) is 15.3 Å². The molecule has 3 rings (SSSR count). The molecule has 1 N–H and O–H groups in total. The maximum Gasteiger partial charge on any atom is 0.367 e. The number of oxime groups is 1. The van der Waals surface area contributed by atoms with E-state index in [1.807, 2.05) is 0 Å². The van der Waals surface area contributed by atoms with Crippen LogP contribution in [0.3, 0.4) is 0 Å². The number of alkyl halides is 2. The van der Waals surface area contributed by atoms with E-state index in [0.29, 0.717) is 11.1 Å². The van der Waals surface area contributed by atoms with Crippen molar-refractivity contribution in [2.24, 2.45) is 5.16 Å². The fourth-order valence-electron chi connectivity index (χ4n) is 3.46. The van der Waals surface area contributed by atoms with Gasteiger partial charge in [-0.05, 0) is 20.8 Å². The highest BCUT2D eigenvalue weighted by Crippen LogP contribution is 2.41. The van der Waals surface area contributed by atoms with Crippen molar-refractivity contribution >= 4 is 70.4 Å². The smallest absolute Gasteiger partial charge is 0.367 e. The van der Waals surface area contributed by atoms with Crippen molar-refractivity contribution in [2.45, 2.75) is 49.5 Å². The molecule has 0 aromatic heterocycles. The van der Waals surface area contributed by atoms with Gasteiger partial charge in [0.15, 0.2) is 5.71 Å². The first-order valence-electron chi connectivity index (χ1n) is 11.3. The highest BCUT2D eigenvalue weighted by atomic mass is 35.5. The van der Waals surface area contributed by atoms with Crippen molar-refractivity contribution in [2.75, 3.05) is 12.4 Å². The first-order chi connectivity index (χ1) is 17.8. The van der Waals surface area contributed by atoms with Gasteiger partial charge in [0.05, 0.1) is 0 Å². The van der Waals surface area contributed by atoms with Crippen molar-refractivity contribution in [1.82, 2.24) is 10.2 Å². The largest absolute Gasteiger partial charge is 0.461 e. The minimum Gasteiger partial charge on any atom is -0.461 e. The molecule has 38 heavy (non-hydrogen) atoms. The van der Waals surface area contributed by atoms with E-state index in [4.69, 9.17) is 32.7 Å². The number of rotatable bonds is 8. The minimum absolute atomic E-state index is 0.0263. The van der Waals surface area contributed by atoms with Crippen molar-refractivity contribution in [3.05, 3.63) is 47.2 Å². The SMILES string of the molecule is CC(=O)OCC1=C(C(=O)OC(C)(C)C)N2C(=O)[C@@H](NC(=O)C(=NOC(=O)C(Cl)Cl)c3ccccc3)[C@@H]2SC1. The van der Waals surface area contributed by atoms with Gasteiger partial charge in [0.25, 0.3) is 11.8 Å². The highest BCUT2D eigenvalue weighted by molar-refractivity contribution is 8.00. The lowest BCUT2D eigenvalue weighted by atomic mass is 10.0. The molecule has 2 aliphatic heterocycles. The third kappa shape index (κ3) is 7.06. The number of carbonyl (C=O) groups excluding carboxylic acids is 5. The summed E-state index contributed by atoms with van der Waals surface area (Å²) in [6.45, 7) is 6.09. The Labute approximate surface area is 232 Å². The van der Waals surface area contributed by atoms with Gasteiger partial charge in [0.2, 0.25) is 4.84 Å². The van der Waals surface area contributed by atoms with Gasteiger partial charge in [-0.2, -0.15) is 0 Å². The zero-order valence-electron chi connectivity index (χ0n) is 20.9. The summed E-state index contributed by atoms with van der Waals surface area (Å²) in [6.07, 6.45) is 0. The van der Waals surface area contributed by atoms with Gasteiger partial charge in [-0.1, -0.05) is 58.7 Å². The minimum atomic E-state index is -1.52. The van der Waals surface area contributed by atoms with Crippen LogP contribution in [-0.2, 0) is 38.3 Å². The molecule has 1 fully saturated rings. The maximum atomic E-state index is 13.2. The van der Waals surface area contributed by atoms with Crippen LogP contribution in [0.4, 0.5) is 0 Å². The summed E-state index contributed by atoms with van der Waals surface area (Å²) in [6, 6.07) is 7.07. The monoisotopic (exact) mass is 585 g/mol. The fraction of sp³-hybridized carbons (Fsp3) is 0.417. The second-order valence-corrected chi connectivity index (χ2v) is 11.3. The van der Waals surface area contributed by atoms with Crippen LogP contribution in [0.2, 0.25) is 0 Å². The second kappa shape index (κ2) is 12.2. The van der Waals surface area contributed by atoms with Crippen molar-refractivity contribution < 1.29 is 38.3 Å². The summed E-state index contributed by atoms with van der Waals surface area (Å²) in [5, 5.41) is 5.56. The lowest BCUT2D eigenvalue weighted by Crippen LogP contribution is -2.71. The molecule has 2 heterocycles. The molecular formula is C24H25Cl2N3O8S. The average molecular weight is 586 g/mol. The molecular weight excluding hydrogens is 561 g/mol. The number of ether oxygens (including phenoxy) is 2. The summed E-state index contributed by atoms with van der Waals surface area (Å²) in [4.78, 5) is 66.8. The van der Waals surface area contributed by atoms with Gasteiger partial charge < -0.3 is 19.6 Å². The van der Waals surface area contributed by atoms with E-state index in [1.54, 1.807) is 51.1 Å². The van der Waals surface area contributed by atoms with Gasteiger partial charge in [-0.3, -0.25) is 19.3 Å². The topological polar surface area (TPSA) is 141 Å². The van der Waals surface area contributed by atoms with E-state index >= 15 is 0 Å². The number of nitrogens with zero attached hydrogens (tertiary/aromatic N) is 2. The first kappa shape index (κ1) is 29.5. The highest BCUT2D eigenvalue weighted by Gasteiger charge is 2.55. The van der Waals surface area contributed by atoms with Gasteiger partial charge in [-0.15, -0.1) is 11.8 Å². The molecule has 2 amide bonds. The van der Waals surface area contributed by atoms with E-state index < -0.39 is 51.6 Å². The van der Waals surface area contributed by atoms with Gasteiger partial charge in [0.1, 0.15) is 29.3 Å². The van der Waals surface area contributed by atoms with Crippen LogP contribution < -0.4 is 5.32 Å². The van der Waals surface area contributed by atoms with Crippen LogP contribution >= 0.6 is 35.0 Å². The number of thioether (sulfide) groups is 1. The summed E-state index contributed by atoms with van der Waals surface area (Å²) in [5.74, 6) is -3.53. The zero-order chi connectivity index (χ0) is 28.2. The predicted octanol–water partition coefficient (Wildman–Crippen LogP) is 2.30. The number of amides is 2. The van der Waals surface area contributed by atoms with Gasteiger partial charge in [0, 0.05) is 23.8 Å². The van der Waals surface area contributed by atoms with Crippen LogP contribution in [0, 0.1) is 0 Å². The Hall–Kier alpha value is -3.09. The Kier molecular flexibility index (Phi) is 9.45. The van der Waals surface area contributed by atoms with Crippen LogP contribution in [0.1, 0.15) is 33.3 Å². The van der Waals surface area contributed by atoms with Crippen LogP contribution in [-0.4, -0.2) is 74.5 Å². The molecule has 0 bridgehead atoms. The summed E-state index contributed by atoms with van der Waals surface area (Å²) in [7, 11) is 0. The third-order valence-electron chi connectivity index (χ3n) is 5.04. The maximum absolute atomic E-state index is 13.2. The Balaban J connectivity index is 1.85. The Bertz CT molecular complexity index is 1200. The van der Waals surface area contributed by atoms with Crippen LogP contribution in [0.25, 0.3) is 0 Å². The predicted molar refractivity (Wildman–Crippen MR) is 139 cm³/mol. The molecule has 11 nitrogen and oxygen atoms in total. The molecule has 0 saturated carbocycles. The number of halogens is 2. The quantitative estimate of drug-likeness (QED) is 0.121. The summed E-state index contributed by atoms with van der Waals surface area (Å²) < 4.78 is 10.6. The number of nitrogens with one attached hydrogen (secondary N) is 1. The van der Waals surface area contributed by atoms with Crippen LogP contribution in [0.15, 0.2) is 46.8 Å². The molecule has 1 aromatic rings. The number of esters is 2. The summed E-state index contributed by atoms with van der Waals surface area (Å²) >= 11 is 12.2. The van der Waals surface area contributed by atoms with Crippen molar-refractivity contribution in [3.8, 4) is 0 Å². The molecule has 14 heteroatoms. The van der Waals surface area contributed by atoms with E-state index in [-0.39, 0.29) is 23.8 Å². The van der Waals surface area contributed by atoms with E-state index in [1.165, 1.54) is 23.6 Å². The molecule has 1 aromatic carbocycles. The first-order valence-corrected chi connectivity index (χ1v) is 13.2. The molecule has 0 aliphatic carbocycles. The second-order valence-electron chi connectivity index (χ2n) is 9.11. The van der Waals surface area contributed by atoms with Crippen LogP contribution in [0.5, 0.6) is 0 Å². The molecule has 0 unspecified atom stereocenters. The zero-order valence-corrected chi connectivity index (χ0v) is 23.2. The molecule has 204 valence electrons. The number of benzene rings is 1. The fourth-order valence-corrected chi connectivity index (χ4v) is 4.87. The van der Waals surface area contributed by atoms with E-state index in [0.717, 1.165) is 0 Å². The lowest BCUT2D eigenvalue weighted by Gasteiger charge is -2.49. The Morgan fingerprint density at radius 3 is 2.42 bits per heavy atom. The lowest BCUT2D eigenvalue weighted by molar-refractivity contribution is -0.159. The number of β-lactam (4-membered cyclic amide) rings is 1. The molecule has 1 saturated heterocycles. The molecule has 2 atom stereocenters. The number of hydrogen-bond donors (Lipinski definition) is 1. The number of fused-ring (bicyclic) bond motifs is 1. The average Bonchev–Trinajstić information content (AvgIpc) is 2.84. The summed E-state index contributed by atoms with van der Waals surface area (Å²) in [5.41, 5.74) is -0.456. The van der Waals surface area contributed by atoms with Crippen molar-refractivity contribution in [3.63, 3.8) is 0 Å². The van der Waals surface area contributed by atoms with E-state index in [9.17, 15) is 24.0 Å². The number of carbonyl (C=O) groups is 5. The third-order valence-corrected chi connectivity index (χ3v) is 6.74. The Morgan fingerprint density at radius 2 is 1.84 bits per heavy atom. The number of hydrogen-bond acceptors (Lipinski definition) is 10. The molecule has 0 radical (unpaired) electrons. The van der Waals surface area contributed by atoms with Gasteiger partial charge >= 0.3 is 17.9 Å². The Morgan fingerprint density at radius 1 is 1.18 bits per heavy atom. The van der Waals surface area contributed by atoms with Gasteiger partial charge in [-0.25, -0.2) is 9.59 Å². The standard InChI is InChI=1S/C24H25Cl2N3O8S/c1-12(30)35-10-14-11-38-21-16(20(32)29(21)17(14)22(33)36-24(2,3)4)27-19(31)15(13-8-6-5-7-9-13)28-37-23(34)18(25)26/h5-9,16,18,21H,10-11H2,1-4H3,(H,27,31)/t16-,21+/m1/s1.